The Morgan fingerprint density at radius 3 is 2.50 bits per heavy atom. The van der Waals surface area contributed by atoms with Crippen molar-refractivity contribution in [3.8, 4) is 5.75 Å². The van der Waals surface area contributed by atoms with Gasteiger partial charge in [-0.1, -0.05) is 12.1 Å². The molecule has 1 aromatic carbocycles. The van der Waals surface area contributed by atoms with E-state index in [9.17, 15) is 9.90 Å². The van der Waals surface area contributed by atoms with Gasteiger partial charge in [-0.3, -0.25) is 14.6 Å². The first-order chi connectivity index (χ1) is 12.3. The fourth-order valence-electron chi connectivity index (χ4n) is 3.10. The molecule has 1 amide bonds. The number of piperazine rings is 1. The molecule has 1 heterocycles. The molecule has 0 radical (unpaired) electrons. The van der Waals surface area contributed by atoms with Crippen LogP contribution in [0.2, 0.25) is 0 Å². The van der Waals surface area contributed by atoms with E-state index in [1.807, 2.05) is 39.8 Å². The Labute approximate surface area is 157 Å². The summed E-state index contributed by atoms with van der Waals surface area (Å²) in [5.41, 5.74) is 2.23. The molecule has 0 spiro atoms. The highest BCUT2D eigenvalue weighted by atomic mass is 16.5. The van der Waals surface area contributed by atoms with Crippen LogP contribution in [0.5, 0.6) is 5.75 Å². The monoisotopic (exact) mass is 363 g/mol. The zero-order valence-electron chi connectivity index (χ0n) is 16.5. The van der Waals surface area contributed by atoms with Crippen molar-refractivity contribution in [1.29, 1.82) is 0 Å². The maximum atomic E-state index is 11.8. The van der Waals surface area contributed by atoms with Crippen LogP contribution in [0.25, 0.3) is 0 Å². The van der Waals surface area contributed by atoms with E-state index < -0.39 is 6.10 Å². The number of β-amino-alcohol motifs (C(OH)–C–C–N with tert-alkyl or cyclic N) is 1. The van der Waals surface area contributed by atoms with Crippen molar-refractivity contribution >= 4 is 5.91 Å². The fraction of sp³-hybridized carbons (Fsp3) is 0.650. The van der Waals surface area contributed by atoms with Gasteiger partial charge in [0.15, 0.2) is 0 Å². The van der Waals surface area contributed by atoms with Crippen molar-refractivity contribution < 1.29 is 14.6 Å². The molecule has 2 rings (SSSR count). The number of hydrogen-bond acceptors (Lipinski definition) is 5. The highest BCUT2D eigenvalue weighted by Gasteiger charge is 2.21. The van der Waals surface area contributed by atoms with E-state index in [2.05, 4.69) is 21.2 Å². The number of hydrogen-bond donors (Lipinski definition) is 2. The van der Waals surface area contributed by atoms with Crippen molar-refractivity contribution in [2.45, 2.75) is 39.8 Å². The third-order valence-electron chi connectivity index (χ3n) is 4.53. The van der Waals surface area contributed by atoms with Crippen LogP contribution >= 0.6 is 0 Å². The molecule has 0 aliphatic carbocycles. The first-order valence-corrected chi connectivity index (χ1v) is 9.45. The minimum atomic E-state index is -0.522. The maximum absolute atomic E-state index is 11.8. The molecule has 1 saturated heterocycles. The van der Waals surface area contributed by atoms with Gasteiger partial charge >= 0.3 is 0 Å². The Kier molecular flexibility index (Phi) is 7.87. The number of nitrogens with zero attached hydrogens (tertiary/aromatic N) is 2. The summed E-state index contributed by atoms with van der Waals surface area (Å²) in [4.78, 5) is 16.2. The van der Waals surface area contributed by atoms with Gasteiger partial charge in [0.25, 0.3) is 0 Å². The summed E-state index contributed by atoms with van der Waals surface area (Å²) < 4.78 is 5.79. The smallest absolute Gasteiger partial charge is 0.234 e. The molecular formula is C20H33N3O3. The van der Waals surface area contributed by atoms with Crippen molar-refractivity contribution in [3.63, 3.8) is 0 Å². The van der Waals surface area contributed by atoms with Crippen molar-refractivity contribution in [3.05, 3.63) is 29.3 Å². The maximum Gasteiger partial charge on any atom is 0.234 e. The number of aliphatic hydroxyl groups is 1. The average molecular weight is 364 g/mol. The summed E-state index contributed by atoms with van der Waals surface area (Å²) >= 11 is 0. The lowest BCUT2D eigenvalue weighted by molar-refractivity contribution is -0.123. The van der Waals surface area contributed by atoms with Crippen LogP contribution in [0.1, 0.15) is 25.0 Å². The summed E-state index contributed by atoms with van der Waals surface area (Å²) in [5.74, 6) is 0.917. The molecule has 6 heteroatoms. The molecule has 6 nitrogen and oxygen atoms in total. The number of ether oxygens (including phenoxy) is 1. The standard InChI is InChI=1S/C20H33N3O3/c1-15(2)21-20(25)13-23-9-7-22(8-10-23)12-18(24)14-26-19-11-16(3)5-6-17(19)4/h5-6,11,15,18,24H,7-10,12-14H2,1-4H3,(H,21,25). The minimum absolute atomic E-state index is 0.0791. The number of carbonyl (C=O) groups is 1. The summed E-state index contributed by atoms with van der Waals surface area (Å²) in [6.45, 7) is 12.7. The molecule has 1 aliphatic heterocycles. The van der Waals surface area contributed by atoms with E-state index in [-0.39, 0.29) is 11.9 Å². The molecule has 1 fully saturated rings. The molecular weight excluding hydrogens is 330 g/mol. The Morgan fingerprint density at radius 1 is 1.19 bits per heavy atom. The second kappa shape index (κ2) is 9.90. The molecule has 0 aromatic heterocycles. The van der Waals surface area contributed by atoms with Gasteiger partial charge in [-0.2, -0.15) is 0 Å². The summed E-state index contributed by atoms with van der Waals surface area (Å²) in [6.07, 6.45) is -0.522. The van der Waals surface area contributed by atoms with Crippen molar-refractivity contribution in [1.82, 2.24) is 15.1 Å². The second-order valence-corrected chi connectivity index (χ2v) is 7.53. The number of carbonyl (C=O) groups excluding carboxylic acids is 1. The Morgan fingerprint density at radius 2 is 1.85 bits per heavy atom. The molecule has 1 atom stereocenters. The van der Waals surface area contributed by atoms with Gasteiger partial charge in [0.2, 0.25) is 5.91 Å². The molecule has 1 aromatic rings. The third kappa shape index (κ3) is 6.94. The van der Waals surface area contributed by atoms with Crippen LogP contribution in [0.3, 0.4) is 0 Å². The molecule has 1 unspecified atom stereocenters. The van der Waals surface area contributed by atoms with Crippen molar-refractivity contribution in [2.75, 3.05) is 45.9 Å². The first kappa shape index (κ1) is 20.7. The van der Waals surface area contributed by atoms with Gasteiger partial charge in [-0.25, -0.2) is 0 Å². The Hall–Kier alpha value is -1.63. The fourth-order valence-corrected chi connectivity index (χ4v) is 3.10. The third-order valence-corrected chi connectivity index (χ3v) is 4.53. The van der Waals surface area contributed by atoms with Crippen LogP contribution in [0, 0.1) is 13.8 Å². The SMILES string of the molecule is Cc1ccc(C)c(OCC(O)CN2CCN(CC(=O)NC(C)C)CC2)c1. The van der Waals surface area contributed by atoms with E-state index in [1.165, 1.54) is 0 Å². The normalized spacial score (nSPS) is 17.3. The molecule has 26 heavy (non-hydrogen) atoms. The zero-order valence-corrected chi connectivity index (χ0v) is 16.5. The number of aliphatic hydroxyl groups excluding tert-OH is 1. The van der Waals surface area contributed by atoms with Crippen LogP contribution in [-0.2, 0) is 4.79 Å². The number of aryl methyl sites for hydroxylation is 2. The van der Waals surface area contributed by atoms with Gasteiger partial charge in [0.05, 0.1) is 6.54 Å². The lowest BCUT2D eigenvalue weighted by Gasteiger charge is -2.35. The summed E-state index contributed by atoms with van der Waals surface area (Å²) in [5, 5.41) is 13.2. The van der Waals surface area contributed by atoms with Crippen LogP contribution in [0.4, 0.5) is 0 Å². The minimum Gasteiger partial charge on any atom is -0.491 e. The summed E-state index contributed by atoms with van der Waals surface area (Å²) in [7, 11) is 0. The molecule has 0 bridgehead atoms. The quantitative estimate of drug-likeness (QED) is 0.726. The topological polar surface area (TPSA) is 65.0 Å². The number of amides is 1. The van der Waals surface area contributed by atoms with Gasteiger partial charge in [-0.15, -0.1) is 0 Å². The average Bonchev–Trinajstić information content (AvgIpc) is 2.56. The summed E-state index contributed by atoms with van der Waals surface area (Å²) in [6, 6.07) is 6.27. The molecule has 1 aliphatic rings. The van der Waals surface area contributed by atoms with Crippen LogP contribution in [0.15, 0.2) is 18.2 Å². The van der Waals surface area contributed by atoms with Gasteiger partial charge in [-0.05, 0) is 44.9 Å². The van der Waals surface area contributed by atoms with E-state index in [0.717, 1.165) is 43.1 Å². The van der Waals surface area contributed by atoms with E-state index in [0.29, 0.717) is 19.7 Å². The first-order valence-electron chi connectivity index (χ1n) is 9.45. The van der Waals surface area contributed by atoms with Gasteiger partial charge in [0.1, 0.15) is 18.5 Å². The number of benzene rings is 1. The van der Waals surface area contributed by atoms with Crippen LogP contribution in [-0.4, -0.2) is 78.8 Å². The molecule has 2 N–H and O–H groups in total. The number of rotatable bonds is 8. The molecule has 146 valence electrons. The highest BCUT2D eigenvalue weighted by molar-refractivity contribution is 5.78. The predicted octanol–water partition coefficient (Wildman–Crippen LogP) is 1.19. The lowest BCUT2D eigenvalue weighted by atomic mass is 10.1. The predicted molar refractivity (Wildman–Crippen MR) is 104 cm³/mol. The molecule has 0 saturated carbocycles. The van der Waals surface area contributed by atoms with E-state index in [4.69, 9.17) is 4.74 Å². The number of nitrogens with one attached hydrogen (secondary N) is 1. The Balaban J connectivity index is 1.68. The lowest BCUT2D eigenvalue weighted by Crippen LogP contribution is -2.51. The van der Waals surface area contributed by atoms with E-state index in [1.54, 1.807) is 0 Å². The Bertz CT molecular complexity index is 584. The highest BCUT2D eigenvalue weighted by Crippen LogP contribution is 2.19. The van der Waals surface area contributed by atoms with E-state index >= 15 is 0 Å². The van der Waals surface area contributed by atoms with Crippen molar-refractivity contribution in [2.24, 2.45) is 0 Å². The van der Waals surface area contributed by atoms with Gasteiger partial charge < -0.3 is 15.2 Å². The zero-order chi connectivity index (χ0) is 19.1. The van der Waals surface area contributed by atoms with Gasteiger partial charge in [0, 0.05) is 38.8 Å². The largest absolute Gasteiger partial charge is 0.491 e. The second-order valence-electron chi connectivity index (χ2n) is 7.53. The van der Waals surface area contributed by atoms with Crippen LogP contribution < -0.4 is 10.1 Å².